The quantitative estimate of drug-likeness (QED) is 0.0234. The summed E-state index contributed by atoms with van der Waals surface area (Å²) in [6, 6.07) is 8.74. The van der Waals surface area contributed by atoms with E-state index < -0.39 is 98.4 Å². The molecule has 0 aliphatic carbocycles. The highest BCUT2D eigenvalue weighted by atomic mass is 32.2. The molecule has 2 heterocycles. The van der Waals surface area contributed by atoms with Gasteiger partial charge in [-0.1, -0.05) is 91.6 Å². The molecule has 5 N–H and O–H groups in total. The zero-order valence-electron chi connectivity index (χ0n) is 48.7. The SMILES string of the molecule is CC[C@H](C)[C@@H]([C@@H](CC(=O)N1CCC[C@H]1[C@H](OC)[C@@H](C)C(=O)N[C@H](C)C(=NNC(=O)c1ccc(NC(=O)CCCCCN2C(=O)C=CC2=O)cc1S(=O)(=O)O)c1ccccc1)OC)N(C)C(=O)[C@@H](NC(=O)[C@H](C(C)C)N(C)C)C(C)C. The molecule has 442 valence electrons. The van der Waals surface area contributed by atoms with E-state index >= 15 is 0 Å². The first-order chi connectivity index (χ1) is 37.7. The third kappa shape index (κ3) is 17.6. The number of likely N-dealkylation sites (tertiary alicyclic amines) is 1. The van der Waals surface area contributed by atoms with Crippen molar-refractivity contribution in [2.24, 2.45) is 28.8 Å². The summed E-state index contributed by atoms with van der Waals surface area (Å²) in [5.41, 5.74) is 2.54. The fraction of sp³-hybridized carbons (Fsp3) is 0.596. The van der Waals surface area contributed by atoms with Crippen molar-refractivity contribution in [1.82, 2.24) is 35.7 Å². The molecule has 8 amide bonds. The Balaban J connectivity index is 1.47. The number of ether oxygens (including phenoxy) is 2. The molecule has 0 unspecified atom stereocenters. The minimum Gasteiger partial charge on any atom is -0.379 e. The van der Waals surface area contributed by atoms with Crippen LogP contribution in [0.3, 0.4) is 0 Å². The van der Waals surface area contributed by atoms with Crippen LogP contribution in [0.15, 0.2) is 70.7 Å². The monoisotopic (exact) mass is 1140 g/mol. The molecule has 22 nitrogen and oxygen atoms in total. The summed E-state index contributed by atoms with van der Waals surface area (Å²) in [5, 5.41) is 12.9. The van der Waals surface area contributed by atoms with Crippen molar-refractivity contribution < 1.29 is 60.8 Å². The molecular formula is C57H85N9O13S. The van der Waals surface area contributed by atoms with E-state index in [9.17, 15) is 51.3 Å². The molecule has 2 aliphatic rings. The minimum absolute atomic E-state index is 0.00694. The molecule has 9 atom stereocenters. The third-order valence-electron chi connectivity index (χ3n) is 15.0. The number of carbonyl (C=O) groups is 8. The van der Waals surface area contributed by atoms with Crippen molar-refractivity contribution in [2.75, 3.05) is 53.8 Å². The average molecular weight is 1140 g/mol. The van der Waals surface area contributed by atoms with E-state index in [0.717, 1.165) is 17.0 Å². The molecule has 0 bridgehead atoms. The number of nitrogens with one attached hydrogen (secondary N) is 4. The predicted molar refractivity (Wildman–Crippen MR) is 302 cm³/mol. The van der Waals surface area contributed by atoms with Gasteiger partial charge in [0.1, 0.15) is 10.9 Å². The van der Waals surface area contributed by atoms with Crippen LogP contribution in [0.1, 0.15) is 123 Å². The summed E-state index contributed by atoms with van der Waals surface area (Å²) < 4.78 is 47.5. The van der Waals surface area contributed by atoms with Gasteiger partial charge in [-0.25, -0.2) is 5.43 Å². The predicted octanol–water partition coefficient (Wildman–Crippen LogP) is 4.64. The van der Waals surface area contributed by atoms with Gasteiger partial charge >= 0.3 is 0 Å². The van der Waals surface area contributed by atoms with Crippen LogP contribution in [-0.2, 0) is 53.2 Å². The van der Waals surface area contributed by atoms with E-state index in [1.165, 1.54) is 32.4 Å². The summed E-state index contributed by atoms with van der Waals surface area (Å²) in [5.74, 6) is -4.72. The molecule has 4 rings (SSSR count). The van der Waals surface area contributed by atoms with Gasteiger partial charge < -0.3 is 35.2 Å². The number of unbranched alkanes of at least 4 members (excludes halogenated alkanes) is 2. The summed E-state index contributed by atoms with van der Waals surface area (Å²) in [4.78, 5) is 112. The second-order valence-electron chi connectivity index (χ2n) is 21.7. The number of rotatable bonds is 30. The molecule has 0 spiro atoms. The average Bonchev–Trinajstić information content (AvgIpc) is 4.02. The first-order valence-corrected chi connectivity index (χ1v) is 28.9. The minimum atomic E-state index is -5.03. The number of hydrogen-bond acceptors (Lipinski definition) is 14. The molecule has 23 heteroatoms. The fourth-order valence-corrected chi connectivity index (χ4v) is 11.3. The summed E-state index contributed by atoms with van der Waals surface area (Å²) in [6.07, 6.45) is 4.08. The number of benzene rings is 2. The lowest BCUT2D eigenvalue weighted by Crippen LogP contribution is -2.59. The Morgan fingerprint density at radius 3 is 2.05 bits per heavy atom. The van der Waals surface area contributed by atoms with Gasteiger partial charge in [0.25, 0.3) is 27.8 Å². The number of anilines is 1. The lowest BCUT2D eigenvalue weighted by atomic mass is 9.89. The molecule has 0 saturated carbocycles. The highest BCUT2D eigenvalue weighted by Gasteiger charge is 2.43. The van der Waals surface area contributed by atoms with Crippen molar-refractivity contribution in [1.29, 1.82) is 0 Å². The number of carbonyl (C=O) groups excluding carboxylic acids is 8. The van der Waals surface area contributed by atoms with Crippen LogP contribution in [-0.4, -0.2) is 176 Å². The van der Waals surface area contributed by atoms with Gasteiger partial charge in [0.05, 0.1) is 60.0 Å². The van der Waals surface area contributed by atoms with Crippen LogP contribution in [0.5, 0.6) is 0 Å². The molecule has 1 saturated heterocycles. The molecular weight excluding hydrogens is 1050 g/mol. The van der Waals surface area contributed by atoms with Gasteiger partial charge in [0, 0.05) is 58.6 Å². The first kappa shape index (κ1) is 66.1. The Hall–Kier alpha value is -6.40. The van der Waals surface area contributed by atoms with E-state index in [-0.39, 0.29) is 66.3 Å². The zero-order valence-corrected chi connectivity index (χ0v) is 49.5. The van der Waals surface area contributed by atoms with Crippen LogP contribution in [0.2, 0.25) is 0 Å². The maximum absolute atomic E-state index is 14.5. The van der Waals surface area contributed by atoms with E-state index in [1.54, 1.807) is 61.0 Å². The second-order valence-corrected chi connectivity index (χ2v) is 23.1. The maximum atomic E-state index is 14.5. The van der Waals surface area contributed by atoms with Crippen molar-refractivity contribution >= 4 is 68.8 Å². The maximum Gasteiger partial charge on any atom is 0.295 e. The highest BCUT2D eigenvalue weighted by molar-refractivity contribution is 7.86. The lowest BCUT2D eigenvalue weighted by molar-refractivity contribution is -0.148. The van der Waals surface area contributed by atoms with Gasteiger partial charge in [0.15, 0.2) is 0 Å². The molecule has 80 heavy (non-hydrogen) atoms. The van der Waals surface area contributed by atoms with Gasteiger partial charge in [-0.2, -0.15) is 13.5 Å². The van der Waals surface area contributed by atoms with Crippen molar-refractivity contribution in [3.8, 4) is 0 Å². The van der Waals surface area contributed by atoms with Crippen LogP contribution in [0.25, 0.3) is 0 Å². The normalized spacial score (nSPS) is 17.9. The zero-order chi connectivity index (χ0) is 59.8. The number of amides is 8. The van der Waals surface area contributed by atoms with E-state index in [0.29, 0.717) is 50.6 Å². The molecule has 0 radical (unpaired) electrons. The van der Waals surface area contributed by atoms with Crippen LogP contribution in [0, 0.1) is 23.7 Å². The summed E-state index contributed by atoms with van der Waals surface area (Å²) in [6.45, 7) is 15.6. The van der Waals surface area contributed by atoms with Crippen LogP contribution in [0.4, 0.5) is 5.69 Å². The number of likely N-dealkylation sites (N-methyl/N-ethyl adjacent to an activating group) is 2. The van der Waals surface area contributed by atoms with Crippen molar-refractivity contribution in [3.63, 3.8) is 0 Å². The second kappa shape index (κ2) is 30.4. The number of hydrogen-bond donors (Lipinski definition) is 5. The molecule has 2 aromatic carbocycles. The molecule has 2 aliphatic heterocycles. The molecule has 1 fully saturated rings. The molecule has 0 aromatic heterocycles. The van der Waals surface area contributed by atoms with Crippen LogP contribution >= 0.6 is 0 Å². The Morgan fingerprint density at radius 1 is 0.838 bits per heavy atom. The third-order valence-corrected chi connectivity index (χ3v) is 15.9. The Bertz CT molecular complexity index is 2660. The van der Waals surface area contributed by atoms with Gasteiger partial charge in [-0.3, -0.25) is 52.7 Å². The molecule has 2 aromatic rings. The first-order valence-electron chi connectivity index (χ1n) is 27.5. The smallest absolute Gasteiger partial charge is 0.295 e. The number of methoxy groups -OCH3 is 2. The van der Waals surface area contributed by atoms with Gasteiger partial charge in [-0.15, -0.1) is 0 Å². The summed E-state index contributed by atoms with van der Waals surface area (Å²) >= 11 is 0. The number of hydrazone groups is 1. The Morgan fingerprint density at radius 2 is 1.49 bits per heavy atom. The fourth-order valence-electron chi connectivity index (χ4n) is 10.6. The number of imide groups is 1. The van der Waals surface area contributed by atoms with Crippen molar-refractivity contribution in [3.05, 3.63) is 71.8 Å². The highest BCUT2D eigenvalue weighted by Crippen LogP contribution is 2.30. The largest absolute Gasteiger partial charge is 0.379 e. The van der Waals surface area contributed by atoms with E-state index in [1.807, 2.05) is 60.5 Å². The van der Waals surface area contributed by atoms with E-state index in [2.05, 4.69) is 26.5 Å². The Labute approximate surface area is 471 Å². The number of nitrogens with zero attached hydrogens (tertiary/aromatic N) is 5. The van der Waals surface area contributed by atoms with Gasteiger partial charge in [0.2, 0.25) is 29.5 Å². The van der Waals surface area contributed by atoms with Crippen molar-refractivity contribution in [2.45, 2.75) is 154 Å². The summed E-state index contributed by atoms with van der Waals surface area (Å²) in [7, 11) is 3.31. The van der Waals surface area contributed by atoms with E-state index in [4.69, 9.17) is 9.47 Å². The lowest BCUT2D eigenvalue weighted by Gasteiger charge is -2.41. The van der Waals surface area contributed by atoms with Gasteiger partial charge in [-0.05, 0) is 88.2 Å². The van der Waals surface area contributed by atoms with Crippen LogP contribution < -0.4 is 21.4 Å². The topological polar surface area (TPSA) is 283 Å². The standard InChI is InChI=1S/C57H85N9O13S/c1-14-36(6)52(64(11)57(74)49(34(2)3)60-56(73)51(35(4)5)63(9)10)43(78-12)33-48(70)65-31-21-24-42(65)53(79-13)37(7)54(71)58-38(8)50(39-22-17-15-18-23-39)61-62-55(72)41-27-26-40(32-44(41)80(75,76)77)59-45(67)25-19-16-20-30-66-46(68)28-29-47(66)69/h15,17-18,22-23,26-29,32,34-38,42-43,49,51-53H,14,16,19-21,24-25,30-31,33H2,1-13H3,(H,58,71)(H,59,67)(H,60,73)(H,62,72)(H,75,76,77)/t36-,37+,38+,42-,43+,49-,51-,52-,53+/m0/s1. The Kier molecular flexibility index (Phi) is 25.1.